The summed E-state index contributed by atoms with van der Waals surface area (Å²) in [5.41, 5.74) is 0.0517. The van der Waals surface area contributed by atoms with Crippen molar-refractivity contribution in [1.82, 2.24) is 9.88 Å². The number of hydrogen-bond donors (Lipinski definition) is 0. The molecule has 0 atom stereocenters. The SMILES string of the molecule is CN1CCC(N(C)c2ncc(Br)cc2[N+](=O)[O-])CC1. The highest BCUT2D eigenvalue weighted by molar-refractivity contribution is 9.10. The van der Waals surface area contributed by atoms with Crippen LogP contribution in [0.2, 0.25) is 0 Å². The van der Waals surface area contributed by atoms with Crippen LogP contribution in [0.15, 0.2) is 16.7 Å². The van der Waals surface area contributed by atoms with Gasteiger partial charge < -0.3 is 9.80 Å². The lowest BCUT2D eigenvalue weighted by Crippen LogP contribution is -2.42. The smallest absolute Gasteiger partial charge is 0.312 e. The zero-order valence-corrected chi connectivity index (χ0v) is 12.6. The Morgan fingerprint density at radius 3 is 2.74 bits per heavy atom. The third-order valence-electron chi connectivity index (χ3n) is 3.58. The number of pyridine rings is 1. The summed E-state index contributed by atoms with van der Waals surface area (Å²) < 4.78 is 0.625. The van der Waals surface area contributed by atoms with Gasteiger partial charge in [0.2, 0.25) is 5.82 Å². The highest BCUT2D eigenvalue weighted by atomic mass is 79.9. The summed E-state index contributed by atoms with van der Waals surface area (Å²) in [6.07, 6.45) is 3.61. The Morgan fingerprint density at radius 1 is 1.53 bits per heavy atom. The molecule has 0 N–H and O–H groups in total. The van der Waals surface area contributed by atoms with Crippen LogP contribution < -0.4 is 4.90 Å². The molecule has 0 radical (unpaired) electrons. The first-order valence-electron chi connectivity index (χ1n) is 6.20. The van der Waals surface area contributed by atoms with Crippen molar-refractivity contribution in [2.45, 2.75) is 18.9 Å². The van der Waals surface area contributed by atoms with Crippen LogP contribution >= 0.6 is 15.9 Å². The Morgan fingerprint density at radius 2 is 2.16 bits per heavy atom. The van der Waals surface area contributed by atoms with Gasteiger partial charge in [0.15, 0.2) is 0 Å². The van der Waals surface area contributed by atoms with Gasteiger partial charge in [-0.15, -0.1) is 0 Å². The minimum atomic E-state index is -0.376. The molecule has 104 valence electrons. The van der Waals surface area contributed by atoms with Gasteiger partial charge in [-0.25, -0.2) is 4.98 Å². The lowest BCUT2D eigenvalue weighted by molar-refractivity contribution is -0.384. The standard InChI is InChI=1S/C12H17BrN4O2/c1-15-5-3-10(4-6-15)16(2)12-11(17(18)19)7-9(13)8-14-12/h7-8,10H,3-6H2,1-2H3. The van der Waals surface area contributed by atoms with E-state index in [1.54, 1.807) is 6.20 Å². The van der Waals surface area contributed by atoms with Crippen LogP contribution in [-0.2, 0) is 0 Å². The maximum atomic E-state index is 11.1. The van der Waals surface area contributed by atoms with Crippen LogP contribution in [0.25, 0.3) is 0 Å². The van der Waals surface area contributed by atoms with Crippen molar-refractivity contribution in [2.24, 2.45) is 0 Å². The van der Waals surface area contributed by atoms with E-state index in [-0.39, 0.29) is 10.6 Å². The second-order valence-corrected chi connectivity index (χ2v) is 5.81. The van der Waals surface area contributed by atoms with Crippen LogP contribution in [0.5, 0.6) is 0 Å². The minimum Gasteiger partial charge on any atom is -0.351 e. The fourth-order valence-electron chi connectivity index (χ4n) is 2.38. The fourth-order valence-corrected chi connectivity index (χ4v) is 2.70. The van der Waals surface area contributed by atoms with Gasteiger partial charge in [-0.05, 0) is 48.9 Å². The lowest BCUT2D eigenvalue weighted by Gasteiger charge is -2.35. The van der Waals surface area contributed by atoms with Crippen LogP contribution in [0.3, 0.4) is 0 Å². The summed E-state index contributed by atoms with van der Waals surface area (Å²) in [6.45, 7) is 2.03. The molecule has 0 spiro atoms. The maximum Gasteiger partial charge on any atom is 0.312 e. The number of halogens is 1. The van der Waals surface area contributed by atoms with Gasteiger partial charge in [-0.3, -0.25) is 10.1 Å². The zero-order valence-electron chi connectivity index (χ0n) is 11.0. The first-order chi connectivity index (χ1) is 8.99. The molecule has 0 aliphatic carbocycles. The molecule has 0 saturated carbocycles. The molecule has 1 aromatic rings. The second kappa shape index (κ2) is 5.83. The number of hydrogen-bond acceptors (Lipinski definition) is 5. The summed E-state index contributed by atoms with van der Waals surface area (Å²) in [7, 11) is 3.98. The topological polar surface area (TPSA) is 62.5 Å². The fraction of sp³-hybridized carbons (Fsp3) is 0.583. The van der Waals surface area contributed by atoms with E-state index in [4.69, 9.17) is 0 Å². The van der Waals surface area contributed by atoms with E-state index in [0.29, 0.717) is 16.3 Å². The Kier molecular flexibility index (Phi) is 4.36. The van der Waals surface area contributed by atoms with Crippen LogP contribution in [-0.4, -0.2) is 48.0 Å². The Bertz CT molecular complexity index is 475. The van der Waals surface area contributed by atoms with Crippen LogP contribution in [0.4, 0.5) is 11.5 Å². The third-order valence-corrected chi connectivity index (χ3v) is 4.01. The number of nitro groups is 1. The molecular formula is C12H17BrN4O2. The molecule has 2 heterocycles. The van der Waals surface area contributed by atoms with E-state index >= 15 is 0 Å². The molecule has 0 amide bonds. The third kappa shape index (κ3) is 3.22. The van der Waals surface area contributed by atoms with Crippen molar-refractivity contribution < 1.29 is 4.92 Å². The molecule has 0 aromatic carbocycles. The van der Waals surface area contributed by atoms with E-state index in [0.717, 1.165) is 25.9 Å². The summed E-state index contributed by atoms with van der Waals surface area (Å²) >= 11 is 3.23. The van der Waals surface area contributed by atoms with Crippen molar-refractivity contribution >= 4 is 27.4 Å². The Balaban J connectivity index is 2.23. The van der Waals surface area contributed by atoms with Crippen molar-refractivity contribution in [2.75, 3.05) is 32.1 Å². The highest BCUT2D eigenvalue weighted by Crippen LogP contribution is 2.30. The van der Waals surface area contributed by atoms with Crippen molar-refractivity contribution in [1.29, 1.82) is 0 Å². The predicted octanol–water partition coefficient (Wildman–Crippen LogP) is 2.28. The molecule has 7 heteroatoms. The van der Waals surface area contributed by atoms with E-state index < -0.39 is 0 Å². The van der Waals surface area contributed by atoms with Gasteiger partial charge in [-0.1, -0.05) is 0 Å². The van der Waals surface area contributed by atoms with Crippen molar-refractivity contribution in [3.05, 3.63) is 26.9 Å². The van der Waals surface area contributed by atoms with Gasteiger partial charge in [0.1, 0.15) is 0 Å². The normalized spacial score (nSPS) is 17.4. The molecule has 19 heavy (non-hydrogen) atoms. The first kappa shape index (κ1) is 14.2. The molecule has 2 rings (SSSR count). The average molecular weight is 329 g/mol. The number of nitrogens with zero attached hydrogens (tertiary/aromatic N) is 4. The van der Waals surface area contributed by atoms with E-state index in [1.165, 1.54) is 6.07 Å². The maximum absolute atomic E-state index is 11.1. The van der Waals surface area contributed by atoms with Gasteiger partial charge in [0.05, 0.1) is 4.92 Å². The minimum absolute atomic E-state index is 0.0517. The first-order valence-corrected chi connectivity index (χ1v) is 6.99. The Hall–Kier alpha value is -1.21. The van der Waals surface area contributed by atoms with Gasteiger partial charge in [0.25, 0.3) is 0 Å². The summed E-state index contributed by atoms with van der Waals surface area (Å²) in [5.74, 6) is 0.447. The van der Waals surface area contributed by atoms with Crippen LogP contribution in [0, 0.1) is 10.1 Å². The van der Waals surface area contributed by atoms with Crippen molar-refractivity contribution in [3.8, 4) is 0 Å². The molecule has 6 nitrogen and oxygen atoms in total. The number of aromatic nitrogens is 1. The molecule has 1 aromatic heterocycles. The molecule has 1 aliphatic heterocycles. The second-order valence-electron chi connectivity index (χ2n) is 4.90. The van der Waals surface area contributed by atoms with Crippen molar-refractivity contribution in [3.63, 3.8) is 0 Å². The monoisotopic (exact) mass is 328 g/mol. The molecule has 1 aliphatic rings. The number of rotatable bonds is 3. The molecule has 0 bridgehead atoms. The summed E-state index contributed by atoms with van der Waals surface area (Å²) in [4.78, 5) is 19.2. The molecular weight excluding hydrogens is 312 g/mol. The van der Waals surface area contributed by atoms with E-state index in [1.807, 2.05) is 11.9 Å². The van der Waals surface area contributed by atoms with Gasteiger partial charge in [0, 0.05) is 29.8 Å². The van der Waals surface area contributed by atoms with E-state index in [9.17, 15) is 10.1 Å². The quantitative estimate of drug-likeness (QED) is 0.629. The summed E-state index contributed by atoms with van der Waals surface area (Å²) in [5, 5.41) is 11.1. The predicted molar refractivity (Wildman–Crippen MR) is 77.5 cm³/mol. The van der Waals surface area contributed by atoms with Gasteiger partial charge >= 0.3 is 5.69 Å². The largest absolute Gasteiger partial charge is 0.351 e. The lowest BCUT2D eigenvalue weighted by atomic mass is 10.0. The summed E-state index contributed by atoms with van der Waals surface area (Å²) in [6, 6.07) is 1.82. The molecule has 0 unspecified atom stereocenters. The highest BCUT2D eigenvalue weighted by Gasteiger charge is 2.26. The number of piperidine rings is 1. The van der Waals surface area contributed by atoms with Gasteiger partial charge in [-0.2, -0.15) is 0 Å². The Labute approximate surface area is 120 Å². The van der Waals surface area contributed by atoms with Crippen LogP contribution in [0.1, 0.15) is 12.8 Å². The average Bonchev–Trinajstić information content (AvgIpc) is 2.38. The molecule has 1 fully saturated rings. The zero-order chi connectivity index (χ0) is 14.0. The number of likely N-dealkylation sites (tertiary alicyclic amines) is 1. The number of anilines is 1. The molecule has 1 saturated heterocycles. The van der Waals surface area contributed by atoms with E-state index in [2.05, 4.69) is 32.9 Å².